The molecule has 7 heteroatoms. The Morgan fingerprint density at radius 1 is 1.40 bits per heavy atom. The van der Waals surface area contributed by atoms with Crippen LogP contribution in [0.4, 0.5) is 0 Å². The van der Waals surface area contributed by atoms with Crippen LogP contribution in [0.1, 0.15) is 12.6 Å². The molecular weight excluding hydrogens is 272 g/mol. The molecule has 104 valence electrons. The molecule has 3 aromatic rings. The van der Waals surface area contributed by atoms with Gasteiger partial charge in [-0.15, -0.1) is 0 Å². The van der Waals surface area contributed by atoms with Crippen LogP contribution in [-0.4, -0.2) is 30.2 Å². The first-order chi connectivity index (χ1) is 9.65. The van der Waals surface area contributed by atoms with Crippen LogP contribution in [0, 0.1) is 0 Å². The van der Waals surface area contributed by atoms with Crippen molar-refractivity contribution >= 4 is 17.4 Å². The maximum absolute atomic E-state index is 5.96. The Morgan fingerprint density at radius 3 is 2.95 bits per heavy atom. The lowest BCUT2D eigenvalue weighted by molar-refractivity contribution is 0.682. The second-order valence-corrected chi connectivity index (χ2v) is 5.70. The van der Waals surface area contributed by atoms with Crippen LogP contribution in [-0.2, 0) is 13.5 Å². The zero-order valence-electron chi connectivity index (χ0n) is 11.4. The van der Waals surface area contributed by atoms with E-state index in [9.17, 15) is 0 Å². The molecule has 2 N–H and O–H groups in total. The lowest BCUT2D eigenvalue weighted by Gasteiger charge is -2.07. The van der Waals surface area contributed by atoms with E-state index in [-0.39, 0.29) is 6.04 Å². The summed E-state index contributed by atoms with van der Waals surface area (Å²) in [5.41, 5.74) is 8.00. The summed E-state index contributed by atoms with van der Waals surface area (Å²) in [6, 6.07) is 6.05. The van der Waals surface area contributed by atoms with E-state index in [1.165, 1.54) is 11.8 Å². The van der Waals surface area contributed by atoms with Crippen molar-refractivity contribution in [1.29, 1.82) is 0 Å². The number of aromatic nitrogens is 5. The van der Waals surface area contributed by atoms with Crippen LogP contribution in [0.25, 0.3) is 5.65 Å². The van der Waals surface area contributed by atoms with E-state index in [2.05, 4.69) is 19.5 Å². The van der Waals surface area contributed by atoms with Crippen molar-refractivity contribution in [3.05, 3.63) is 36.4 Å². The van der Waals surface area contributed by atoms with Gasteiger partial charge in [0.05, 0.1) is 5.69 Å². The highest BCUT2D eigenvalue weighted by Crippen LogP contribution is 2.29. The number of aryl methyl sites for hydroxylation is 1. The maximum Gasteiger partial charge on any atom is 0.192 e. The van der Waals surface area contributed by atoms with Crippen molar-refractivity contribution < 1.29 is 0 Å². The summed E-state index contributed by atoms with van der Waals surface area (Å²) in [6.07, 6.45) is 4.33. The summed E-state index contributed by atoms with van der Waals surface area (Å²) >= 11 is 1.52. The number of imidazole rings is 1. The Bertz CT molecular complexity index is 729. The predicted molar refractivity (Wildman–Crippen MR) is 77.7 cm³/mol. The Morgan fingerprint density at radius 2 is 2.25 bits per heavy atom. The number of pyridine rings is 1. The van der Waals surface area contributed by atoms with Crippen molar-refractivity contribution in [3.63, 3.8) is 0 Å². The molecule has 0 aliphatic heterocycles. The molecule has 0 aliphatic carbocycles. The van der Waals surface area contributed by atoms with Gasteiger partial charge in [0, 0.05) is 25.7 Å². The monoisotopic (exact) mass is 288 g/mol. The standard InChI is InChI=1S/C13H16N6S/c1-9(14)7-10-12(20-13-15-8-16-18(13)2)17-11-5-3-4-6-19(10)11/h3-6,8-9H,7,14H2,1-2H3. The van der Waals surface area contributed by atoms with E-state index in [1.54, 1.807) is 11.0 Å². The normalized spacial score (nSPS) is 12.9. The molecule has 0 aromatic carbocycles. The molecule has 0 aliphatic rings. The lowest BCUT2D eigenvalue weighted by Crippen LogP contribution is -2.19. The number of hydrogen-bond donors (Lipinski definition) is 1. The molecule has 0 bridgehead atoms. The molecule has 0 amide bonds. The van der Waals surface area contributed by atoms with Crippen molar-refractivity contribution in [1.82, 2.24) is 24.1 Å². The highest BCUT2D eigenvalue weighted by atomic mass is 32.2. The highest BCUT2D eigenvalue weighted by molar-refractivity contribution is 7.99. The third kappa shape index (κ3) is 2.41. The molecule has 3 rings (SSSR count). The second-order valence-electron chi connectivity index (χ2n) is 4.74. The van der Waals surface area contributed by atoms with Crippen LogP contribution < -0.4 is 5.73 Å². The Kier molecular flexibility index (Phi) is 3.45. The first kappa shape index (κ1) is 13.1. The summed E-state index contributed by atoms with van der Waals surface area (Å²) in [5.74, 6) is 0. The highest BCUT2D eigenvalue weighted by Gasteiger charge is 2.16. The summed E-state index contributed by atoms with van der Waals surface area (Å²) in [6.45, 7) is 2.00. The number of rotatable bonds is 4. The van der Waals surface area contributed by atoms with Gasteiger partial charge in [0.2, 0.25) is 0 Å². The minimum Gasteiger partial charge on any atom is -0.328 e. The van der Waals surface area contributed by atoms with E-state index < -0.39 is 0 Å². The van der Waals surface area contributed by atoms with Gasteiger partial charge in [-0.3, -0.25) is 0 Å². The quantitative estimate of drug-likeness (QED) is 0.787. The largest absolute Gasteiger partial charge is 0.328 e. The molecule has 0 saturated carbocycles. The number of fused-ring (bicyclic) bond motifs is 1. The molecule has 0 saturated heterocycles. The molecule has 0 fully saturated rings. The van der Waals surface area contributed by atoms with Gasteiger partial charge in [0.1, 0.15) is 17.0 Å². The molecular formula is C13H16N6S. The number of hydrogen-bond acceptors (Lipinski definition) is 5. The summed E-state index contributed by atoms with van der Waals surface area (Å²) < 4.78 is 3.83. The smallest absolute Gasteiger partial charge is 0.192 e. The SMILES string of the molecule is CC(N)Cc1c(Sc2ncnn2C)nc2ccccn12. The zero-order chi connectivity index (χ0) is 14.1. The fourth-order valence-corrected chi connectivity index (χ4v) is 2.95. The molecule has 20 heavy (non-hydrogen) atoms. The number of nitrogens with two attached hydrogens (primary N) is 1. The molecule has 1 unspecified atom stereocenters. The van der Waals surface area contributed by atoms with E-state index in [4.69, 9.17) is 5.73 Å². The fraction of sp³-hybridized carbons (Fsp3) is 0.308. The van der Waals surface area contributed by atoms with Crippen molar-refractivity contribution in [2.45, 2.75) is 29.6 Å². The van der Waals surface area contributed by atoms with Crippen LogP contribution in [0.2, 0.25) is 0 Å². The topological polar surface area (TPSA) is 74.0 Å². The minimum atomic E-state index is 0.0777. The van der Waals surface area contributed by atoms with Gasteiger partial charge in [-0.05, 0) is 30.8 Å². The second kappa shape index (κ2) is 5.26. The average molecular weight is 288 g/mol. The van der Waals surface area contributed by atoms with Crippen molar-refractivity contribution in [3.8, 4) is 0 Å². The molecule has 1 atom stereocenters. The molecule has 0 spiro atoms. The molecule has 3 aromatic heterocycles. The van der Waals surface area contributed by atoms with Crippen LogP contribution in [0.5, 0.6) is 0 Å². The zero-order valence-corrected chi connectivity index (χ0v) is 12.2. The number of nitrogens with zero attached hydrogens (tertiary/aromatic N) is 5. The average Bonchev–Trinajstić information content (AvgIpc) is 2.96. The van der Waals surface area contributed by atoms with E-state index in [1.807, 2.05) is 38.4 Å². The van der Waals surface area contributed by atoms with Gasteiger partial charge < -0.3 is 10.1 Å². The van der Waals surface area contributed by atoms with Crippen LogP contribution in [0.15, 0.2) is 40.9 Å². The van der Waals surface area contributed by atoms with Gasteiger partial charge >= 0.3 is 0 Å². The molecule has 3 heterocycles. The Labute approximate surface area is 121 Å². The van der Waals surface area contributed by atoms with Gasteiger partial charge in [0.25, 0.3) is 0 Å². The fourth-order valence-electron chi connectivity index (χ4n) is 2.06. The van der Waals surface area contributed by atoms with E-state index >= 15 is 0 Å². The first-order valence-corrected chi connectivity index (χ1v) is 7.20. The summed E-state index contributed by atoms with van der Waals surface area (Å²) in [4.78, 5) is 8.91. The molecule has 0 radical (unpaired) electrons. The van der Waals surface area contributed by atoms with Crippen molar-refractivity contribution in [2.24, 2.45) is 12.8 Å². The molecule has 6 nitrogen and oxygen atoms in total. The van der Waals surface area contributed by atoms with Crippen LogP contribution >= 0.6 is 11.8 Å². The Hall–Kier alpha value is -1.86. The van der Waals surface area contributed by atoms with Gasteiger partial charge in [-0.1, -0.05) is 6.07 Å². The van der Waals surface area contributed by atoms with E-state index in [0.717, 1.165) is 27.9 Å². The summed E-state index contributed by atoms with van der Waals surface area (Å²) in [7, 11) is 1.87. The van der Waals surface area contributed by atoms with Gasteiger partial charge in [-0.2, -0.15) is 5.10 Å². The van der Waals surface area contributed by atoms with Gasteiger partial charge in [0.15, 0.2) is 5.16 Å². The Balaban J connectivity index is 2.06. The van der Waals surface area contributed by atoms with Gasteiger partial charge in [-0.25, -0.2) is 14.6 Å². The minimum absolute atomic E-state index is 0.0777. The predicted octanol–water partition coefficient (Wildman–Crippen LogP) is 1.50. The maximum atomic E-state index is 5.96. The third-order valence-corrected chi connectivity index (χ3v) is 4.04. The van der Waals surface area contributed by atoms with E-state index in [0.29, 0.717) is 0 Å². The first-order valence-electron chi connectivity index (χ1n) is 6.38. The van der Waals surface area contributed by atoms with Crippen molar-refractivity contribution in [2.75, 3.05) is 0 Å². The lowest BCUT2D eigenvalue weighted by atomic mass is 10.2. The summed E-state index contributed by atoms with van der Waals surface area (Å²) in [5, 5.41) is 5.84. The third-order valence-electron chi connectivity index (χ3n) is 2.97. The van der Waals surface area contributed by atoms with Crippen LogP contribution in [0.3, 0.4) is 0 Å².